The van der Waals surface area contributed by atoms with Crippen LogP contribution >= 0.6 is 0 Å². The highest BCUT2D eigenvalue weighted by atomic mass is 32.2. The minimum absolute atomic E-state index is 0.0775. The summed E-state index contributed by atoms with van der Waals surface area (Å²) in [4.78, 5) is 28.7. The van der Waals surface area contributed by atoms with Crippen LogP contribution < -0.4 is 14.4 Å². The van der Waals surface area contributed by atoms with E-state index >= 15 is 0 Å². The van der Waals surface area contributed by atoms with E-state index in [0.29, 0.717) is 24.4 Å². The van der Waals surface area contributed by atoms with Crippen LogP contribution in [0, 0.1) is 6.92 Å². The zero-order valence-corrected chi connectivity index (χ0v) is 23.8. The lowest BCUT2D eigenvalue weighted by molar-refractivity contribution is -0.140. The molecule has 0 bridgehead atoms. The molecular weight excluding hydrogens is 514 g/mol. The first-order valence-corrected chi connectivity index (χ1v) is 14.5. The van der Waals surface area contributed by atoms with E-state index in [1.807, 2.05) is 39.0 Å². The Hall–Kier alpha value is -3.85. The van der Waals surface area contributed by atoms with Crippen molar-refractivity contribution < 1.29 is 22.7 Å². The molecule has 0 spiro atoms. The van der Waals surface area contributed by atoms with Gasteiger partial charge in [0.2, 0.25) is 11.8 Å². The average molecular weight is 552 g/mol. The maximum absolute atomic E-state index is 14.0. The van der Waals surface area contributed by atoms with Crippen LogP contribution in [0.25, 0.3) is 0 Å². The molecule has 0 aliphatic rings. The monoisotopic (exact) mass is 551 g/mol. The molecule has 0 aliphatic heterocycles. The fourth-order valence-electron chi connectivity index (χ4n) is 4.24. The van der Waals surface area contributed by atoms with Crippen molar-refractivity contribution in [3.8, 4) is 5.75 Å². The largest absolute Gasteiger partial charge is 0.497 e. The van der Waals surface area contributed by atoms with Crippen LogP contribution in [-0.2, 0) is 26.2 Å². The Kier molecular flexibility index (Phi) is 10.5. The third-order valence-electron chi connectivity index (χ3n) is 6.35. The van der Waals surface area contributed by atoms with Crippen molar-refractivity contribution in [1.82, 2.24) is 10.2 Å². The molecule has 0 saturated carbocycles. The van der Waals surface area contributed by atoms with Crippen molar-refractivity contribution in [3.63, 3.8) is 0 Å². The first kappa shape index (κ1) is 29.7. The van der Waals surface area contributed by atoms with Gasteiger partial charge in [0, 0.05) is 13.1 Å². The van der Waals surface area contributed by atoms with E-state index in [-0.39, 0.29) is 17.3 Å². The predicted octanol–water partition coefficient (Wildman–Crippen LogP) is 4.53. The molecule has 3 rings (SSSR count). The lowest BCUT2D eigenvalue weighted by Crippen LogP contribution is -2.52. The number of hydrogen-bond acceptors (Lipinski definition) is 5. The zero-order valence-electron chi connectivity index (χ0n) is 23.0. The van der Waals surface area contributed by atoms with E-state index in [1.54, 1.807) is 55.6 Å². The number of carbonyl (C=O) groups is 2. The van der Waals surface area contributed by atoms with Crippen LogP contribution in [0.5, 0.6) is 5.75 Å². The molecule has 39 heavy (non-hydrogen) atoms. The van der Waals surface area contributed by atoms with Crippen LogP contribution in [0.15, 0.2) is 83.8 Å². The molecule has 0 aliphatic carbocycles. The fraction of sp³-hybridized carbons (Fsp3) is 0.333. The number of rotatable bonds is 13. The van der Waals surface area contributed by atoms with Gasteiger partial charge in [0.15, 0.2) is 0 Å². The molecule has 8 nitrogen and oxygen atoms in total. The number of benzene rings is 3. The van der Waals surface area contributed by atoms with Gasteiger partial charge in [-0.1, -0.05) is 56.3 Å². The minimum atomic E-state index is -4.08. The van der Waals surface area contributed by atoms with Crippen molar-refractivity contribution in [3.05, 3.63) is 90.0 Å². The van der Waals surface area contributed by atoms with E-state index in [2.05, 4.69) is 5.32 Å². The first-order chi connectivity index (χ1) is 18.7. The second-order valence-corrected chi connectivity index (χ2v) is 11.1. The summed E-state index contributed by atoms with van der Waals surface area (Å²) in [5.74, 6) is -0.0801. The molecule has 1 N–H and O–H groups in total. The van der Waals surface area contributed by atoms with Crippen LogP contribution in [-0.4, -0.2) is 51.4 Å². The number of aryl methyl sites for hydroxylation is 1. The van der Waals surface area contributed by atoms with Crippen molar-refractivity contribution in [1.29, 1.82) is 0 Å². The molecular formula is C30H37N3O5S. The second kappa shape index (κ2) is 13.8. The standard InChI is InChI=1S/C30H37N3O5S/c1-5-19-31-30(35)28(6-2)32(21-24-15-17-26(38-4)18-16-24)29(34)22-33(25-12-10-11-23(3)20-25)39(36,37)27-13-8-7-9-14-27/h7-18,20,28H,5-6,19,21-22H2,1-4H3,(H,31,35)/t28-/m0/s1. The maximum atomic E-state index is 14.0. The highest BCUT2D eigenvalue weighted by Crippen LogP contribution is 2.25. The number of hydrogen-bond donors (Lipinski definition) is 1. The van der Waals surface area contributed by atoms with Crippen molar-refractivity contribution in [2.45, 2.75) is 51.1 Å². The average Bonchev–Trinajstić information content (AvgIpc) is 2.95. The molecule has 3 aromatic rings. The molecule has 1 atom stereocenters. The third kappa shape index (κ3) is 7.60. The van der Waals surface area contributed by atoms with Crippen molar-refractivity contribution in [2.75, 3.05) is 24.5 Å². The number of nitrogens with one attached hydrogen (secondary N) is 1. The number of nitrogens with zero attached hydrogens (tertiary/aromatic N) is 2. The quantitative estimate of drug-likeness (QED) is 0.337. The van der Waals surface area contributed by atoms with Crippen LogP contribution in [0.1, 0.15) is 37.8 Å². The summed E-state index contributed by atoms with van der Waals surface area (Å²) in [5.41, 5.74) is 2.02. The smallest absolute Gasteiger partial charge is 0.264 e. The van der Waals surface area contributed by atoms with E-state index < -0.39 is 28.5 Å². The van der Waals surface area contributed by atoms with Crippen LogP contribution in [0.4, 0.5) is 5.69 Å². The van der Waals surface area contributed by atoms with Crippen LogP contribution in [0.2, 0.25) is 0 Å². The topological polar surface area (TPSA) is 96.0 Å². The lowest BCUT2D eigenvalue weighted by Gasteiger charge is -2.33. The van der Waals surface area contributed by atoms with Gasteiger partial charge < -0.3 is 15.0 Å². The highest BCUT2D eigenvalue weighted by Gasteiger charge is 2.33. The Bertz CT molecular complexity index is 1340. The molecule has 0 unspecified atom stereocenters. The Labute approximate surface area is 231 Å². The van der Waals surface area contributed by atoms with E-state index in [9.17, 15) is 18.0 Å². The number of amides is 2. The molecule has 2 amide bonds. The molecule has 3 aromatic carbocycles. The number of anilines is 1. The van der Waals surface area contributed by atoms with Gasteiger partial charge in [-0.15, -0.1) is 0 Å². The van der Waals surface area contributed by atoms with Gasteiger partial charge in [0.05, 0.1) is 17.7 Å². The Morgan fingerprint density at radius 1 is 0.949 bits per heavy atom. The molecule has 0 aromatic heterocycles. The van der Waals surface area contributed by atoms with E-state index in [4.69, 9.17) is 4.74 Å². The Morgan fingerprint density at radius 3 is 2.23 bits per heavy atom. The van der Waals surface area contributed by atoms with E-state index in [1.165, 1.54) is 17.0 Å². The number of methoxy groups -OCH3 is 1. The van der Waals surface area contributed by atoms with Gasteiger partial charge in [-0.2, -0.15) is 0 Å². The van der Waals surface area contributed by atoms with Gasteiger partial charge >= 0.3 is 0 Å². The summed E-state index contributed by atoms with van der Waals surface area (Å²) in [6, 6.07) is 21.5. The summed E-state index contributed by atoms with van der Waals surface area (Å²) in [6.45, 7) is 5.80. The summed E-state index contributed by atoms with van der Waals surface area (Å²) >= 11 is 0. The van der Waals surface area contributed by atoms with Gasteiger partial charge in [-0.3, -0.25) is 13.9 Å². The SMILES string of the molecule is CCCNC(=O)[C@H](CC)N(Cc1ccc(OC)cc1)C(=O)CN(c1cccc(C)c1)S(=O)(=O)c1ccccc1. The molecule has 208 valence electrons. The first-order valence-electron chi connectivity index (χ1n) is 13.1. The second-order valence-electron chi connectivity index (χ2n) is 9.25. The molecule has 0 saturated heterocycles. The molecule has 0 radical (unpaired) electrons. The normalized spacial score (nSPS) is 11.9. The van der Waals surface area contributed by atoms with Gasteiger partial charge in [0.25, 0.3) is 10.0 Å². The van der Waals surface area contributed by atoms with Crippen molar-refractivity contribution in [2.24, 2.45) is 0 Å². The number of carbonyl (C=O) groups excluding carboxylic acids is 2. The minimum Gasteiger partial charge on any atom is -0.497 e. The predicted molar refractivity (Wildman–Crippen MR) is 153 cm³/mol. The van der Waals surface area contributed by atoms with Crippen molar-refractivity contribution >= 4 is 27.5 Å². The molecule has 0 fully saturated rings. The van der Waals surface area contributed by atoms with E-state index in [0.717, 1.165) is 21.9 Å². The summed E-state index contributed by atoms with van der Waals surface area (Å²) in [6.07, 6.45) is 1.12. The lowest BCUT2D eigenvalue weighted by atomic mass is 10.1. The van der Waals surface area contributed by atoms with Gasteiger partial charge in [0.1, 0.15) is 18.3 Å². The Balaban J connectivity index is 2.03. The molecule has 0 heterocycles. The zero-order chi connectivity index (χ0) is 28.4. The summed E-state index contributed by atoms with van der Waals surface area (Å²) in [7, 11) is -2.51. The number of sulfonamides is 1. The Morgan fingerprint density at radius 2 is 1.64 bits per heavy atom. The molecule has 9 heteroatoms. The third-order valence-corrected chi connectivity index (χ3v) is 8.13. The highest BCUT2D eigenvalue weighted by molar-refractivity contribution is 7.92. The summed E-state index contributed by atoms with van der Waals surface area (Å²) in [5, 5.41) is 2.89. The maximum Gasteiger partial charge on any atom is 0.264 e. The summed E-state index contributed by atoms with van der Waals surface area (Å²) < 4.78 is 34.0. The van der Waals surface area contributed by atoms with Gasteiger partial charge in [-0.05, 0) is 67.3 Å². The van der Waals surface area contributed by atoms with Gasteiger partial charge in [-0.25, -0.2) is 8.42 Å². The number of ether oxygens (including phenoxy) is 1. The van der Waals surface area contributed by atoms with Crippen LogP contribution in [0.3, 0.4) is 0 Å². The fourth-order valence-corrected chi connectivity index (χ4v) is 5.67.